The molecular formula is C20H25N3O3. The molecule has 1 aromatic heterocycles. The second-order valence-electron chi connectivity index (χ2n) is 6.64. The van der Waals surface area contributed by atoms with Gasteiger partial charge in [0.2, 0.25) is 5.91 Å². The van der Waals surface area contributed by atoms with E-state index >= 15 is 0 Å². The molecule has 1 aliphatic rings. The molecule has 1 saturated heterocycles. The third-order valence-corrected chi connectivity index (χ3v) is 4.68. The normalized spacial score (nSPS) is 14.8. The first kappa shape index (κ1) is 18.2. The first-order valence-corrected chi connectivity index (χ1v) is 9.12. The number of amides is 2. The summed E-state index contributed by atoms with van der Waals surface area (Å²) < 4.78 is 5.06. The molecule has 3 N–H and O–H groups in total. The van der Waals surface area contributed by atoms with Gasteiger partial charge in [0.05, 0.1) is 6.26 Å². The van der Waals surface area contributed by atoms with E-state index in [-0.39, 0.29) is 17.6 Å². The van der Waals surface area contributed by atoms with E-state index in [1.807, 2.05) is 24.3 Å². The van der Waals surface area contributed by atoms with Crippen molar-refractivity contribution in [1.82, 2.24) is 10.6 Å². The molecule has 6 heteroatoms. The van der Waals surface area contributed by atoms with Crippen LogP contribution in [0.2, 0.25) is 0 Å². The number of hydrogen-bond donors (Lipinski definition) is 3. The Labute approximate surface area is 153 Å². The van der Waals surface area contributed by atoms with Crippen LogP contribution in [0.15, 0.2) is 47.1 Å². The fourth-order valence-electron chi connectivity index (χ4n) is 3.10. The molecule has 2 aromatic rings. The molecule has 0 bridgehead atoms. The molecule has 26 heavy (non-hydrogen) atoms. The second-order valence-corrected chi connectivity index (χ2v) is 6.64. The Bertz CT molecular complexity index is 704. The highest BCUT2D eigenvalue weighted by Gasteiger charge is 2.14. The third kappa shape index (κ3) is 5.46. The van der Waals surface area contributed by atoms with Gasteiger partial charge in [0.25, 0.3) is 5.91 Å². The van der Waals surface area contributed by atoms with E-state index in [0.29, 0.717) is 24.6 Å². The fourth-order valence-corrected chi connectivity index (χ4v) is 3.10. The summed E-state index contributed by atoms with van der Waals surface area (Å²) in [4.78, 5) is 23.9. The zero-order valence-corrected chi connectivity index (χ0v) is 14.8. The second kappa shape index (κ2) is 9.20. The first-order chi connectivity index (χ1) is 12.7. The lowest BCUT2D eigenvalue weighted by Gasteiger charge is -2.22. The average Bonchev–Trinajstić information content (AvgIpc) is 3.22. The monoisotopic (exact) mass is 355 g/mol. The van der Waals surface area contributed by atoms with E-state index < -0.39 is 0 Å². The number of anilines is 1. The zero-order valence-electron chi connectivity index (χ0n) is 14.8. The number of carbonyl (C=O) groups is 2. The van der Waals surface area contributed by atoms with Gasteiger partial charge in [0, 0.05) is 18.7 Å². The summed E-state index contributed by atoms with van der Waals surface area (Å²) in [5.74, 6) is 0.752. The maximum atomic E-state index is 12.0. The zero-order chi connectivity index (χ0) is 18.2. The van der Waals surface area contributed by atoms with Crippen molar-refractivity contribution in [2.75, 3.05) is 18.4 Å². The lowest BCUT2D eigenvalue weighted by molar-refractivity contribution is -0.121. The Balaban J connectivity index is 1.39. The van der Waals surface area contributed by atoms with Gasteiger partial charge in [0.15, 0.2) is 5.76 Å². The third-order valence-electron chi connectivity index (χ3n) is 4.68. The summed E-state index contributed by atoms with van der Waals surface area (Å²) in [6, 6.07) is 10.7. The molecule has 0 saturated carbocycles. The Morgan fingerprint density at radius 3 is 2.58 bits per heavy atom. The van der Waals surface area contributed by atoms with Crippen molar-refractivity contribution in [3.63, 3.8) is 0 Å². The van der Waals surface area contributed by atoms with Crippen molar-refractivity contribution in [3.8, 4) is 0 Å². The van der Waals surface area contributed by atoms with Crippen LogP contribution < -0.4 is 16.0 Å². The molecular weight excluding hydrogens is 330 g/mol. The predicted octanol–water partition coefficient (Wildman–Crippen LogP) is 2.93. The lowest BCUT2D eigenvalue weighted by Crippen LogP contribution is -2.29. The number of rotatable bonds is 7. The highest BCUT2D eigenvalue weighted by Crippen LogP contribution is 2.17. The Hall–Kier alpha value is -2.60. The minimum atomic E-state index is -0.283. The van der Waals surface area contributed by atoms with Gasteiger partial charge in [-0.3, -0.25) is 9.59 Å². The predicted molar refractivity (Wildman–Crippen MR) is 99.8 cm³/mol. The van der Waals surface area contributed by atoms with Crippen LogP contribution in [-0.2, 0) is 11.3 Å². The Morgan fingerprint density at radius 1 is 1.12 bits per heavy atom. The van der Waals surface area contributed by atoms with Crippen molar-refractivity contribution < 1.29 is 14.0 Å². The van der Waals surface area contributed by atoms with Gasteiger partial charge in [0.1, 0.15) is 0 Å². The molecule has 1 aliphatic heterocycles. The quantitative estimate of drug-likeness (QED) is 0.713. The van der Waals surface area contributed by atoms with Crippen LogP contribution in [0.1, 0.15) is 41.8 Å². The van der Waals surface area contributed by atoms with Crippen LogP contribution in [0.5, 0.6) is 0 Å². The molecule has 6 nitrogen and oxygen atoms in total. The molecule has 0 unspecified atom stereocenters. The van der Waals surface area contributed by atoms with Gasteiger partial charge in [-0.05, 0) is 68.1 Å². The summed E-state index contributed by atoms with van der Waals surface area (Å²) in [5, 5.41) is 9.07. The number of benzene rings is 1. The summed E-state index contributed by atoms with van der Waals surface area (Å²) in [6.07, 6.45) is 5.34. The molecule has 0 spiro atoms. The van der Waals surface area contributed by atoms with E-state index in [0.717, 1.165) is 25.1 Å². The molecule has 3 rings (SSSR count). The Kier molecular flexibility index (Phi) is 6.44. The molecule has 2 heterocycles. The summed E-state index contributed by atoms with van der Waals surface area (Å²) in [7, 11) is 0. The fraction of sp³-hybridized carbons (Fsp3) is 0.400. The highest BCUT2D eigenvalue weighted by molar-refractivity contribution is 6.02. The van der Waals surface area contributed by atoms with Crippen molar-refractivity contribution in [2.45, 2.75) is 32.2 Å². The van der Waals surface area contributed by atoms with Crippen LogP contribution in [-0.4, -0.2) is 24.9 Å². The van der Waals surface area contributed by atoms with Crippen LogP contribution >= 0.6 is 0 Å². The SMILES string of the molecule is O=C(CCC1CCNCC1)NCc1ccc(NC(=O)c2ccco2)cc1. The van der Waals surface area contributed by atoms with E-state index in [2.05, 4.69) is 16.0 Å². The molecule has 0 radical (unpaired) electrons. The summed E-state index contributed by atoms with van der Waals surface area (Å²) in [5.41, 5.74) is 1.68. The smallest absolute Gasteiger partial charge is 0.291 e. The maximum Gasteiger partial charge on any atom is 0.291 e. The largest absolute Gasteiger partial charge is 0.459 e. The number of carbonyl (C=O) groups excluding carboxylic acids is 2. The summed E-state index contributed by atoms with van der Waals surface area (Å²) in [6.45, 7) is 2.63. The standard InChI is InChI=1S/C20H25N3O3/c24-19(8-5-15-9-11-21-12-10-15)22-14-16-3-6-17(7-4-16)23-20(25)18-2-1-13-26-18/h1-4,6-7,13,15,21H,5,8-12,14H2,(H,22,24)(H,23,25). The van der Waals surface area contributed by atoms with E-state index in [1.54, 1.807) is 12.1 Å². The lowest BCUT2D eigenvalue weighted by atomic mass is 9.93. The number of furan rings is 1. The van der Waals surface area contributed by atoms with Gasteiger partial charge in [-0.15, -0.1) is 0 Å². The topological polar surface area (TPSA) is 83.4 Å². The highest BCUT2D eigenvalue weighted by atomic mass is 16.3. The van der Waals surface area contributed by atoms with Crippen molar-refractivity contribution in [1.29, 1.82) is 0 Å². The van der Waals surface area contributed by atoms with E-state index in [1.165, 1.54) is 19.1 Å². The number of piperidine rings is 1. The minimum Gasteiger partial charge on any atom is -0.459 e. The first-order valence-electron chi connectivity index (χ1n) is 9.12. The van der Waals surface area contributed by atoms with Crippen molar-refractivity contribution >= 4 is 17.5 Å². The summed E-state index contributed by atoms with van der Waals surface area (Å²) >= 11 is 0. The molecule has 138 valence electrons. The van der Waals surface area contributed by atoms with Crippen molar-refractivity contribution in [3.05, 3.63) is 54.0 Å². The van der Waals surface area contributed by atoms with Gasteiger partial charge < -0.3 is 20.4 Å². The molecule has 1 fully saturated rings. The molecule has 1 aromatic carbocycles. The molecule has 0 aliphatic carbocycles. The van der Waals surface area contributed by atoms with Crippen LogP contribution in [0.25, 0.3) is 0 Å². The van der Waals surface area contributed by atoms with Gasteiger partial charge in [-0.2, -0.15) is 0 Å². The van der Waals surface area contributed by atoms with Crippen LogP contribution in [0.3, 0.4) is 0 Å². The molecule has 0 atom stereocenters. The van der Waals surface area contributed by atoms with Gasteiger partial charge in [-0.25, -0.2) is 0 Å². The average molecular weight is 355 g/mol. The van der Waals surface area contributed by atoms with Crippen LogP contribution in [0.4, 0.5) is 5.69 Å². The minimum absolute atomic E-state index is 0.0960. The molecule has 2 amide bonds. The van der Waals surface area contributed by atoms with Gasteiger partial charge in [-0.1, -0.05) is 12.1 Å². The van der Waals surface area contributed by atoms with E-state index in [4.69, 9.17) is 4.42 Å². The number of hydrogen-bond acceptors (Lipinski definition) is 4. The number of nitrogens with one attached hydrogen (secondary N) is 3. The van der Waals surface area contributed by atoms with Crippen molar-refractivity contribution in [2.24, 2.45) is 5.92 Å². The van der Waals surface area contributed by atoms with Crippen LogP contribution in [0, 0.1) is 5.92 Å². The van der Waals surface area contributed by atoms with Gasteiger partial charge >= 0.3 is 0 Å². The maximum absolute atomic E-state index is 12.0. The van der Waals surface area contributed by atoms with E-state index in [9.17, 15) is 9.59 Å². The Morgan fingerprint density at radius 2 is 1.88 bits per heavy atom.